The number of hydrogen-bond acceptors (Lipinski definition) is 4. The van der Waals surface area contributed by atoms with Gasteiger partial charge in [-0.1, -0.05) is 18.2 Å². The molecule has 2 heterocycles. The molecular formula is C13H10Br2N2OS. The number of nitrogens with two attached hydrogens (primary N) is 1. The van der Waals surface area contributed by atoms with E-state index >= 15 is 0 Å². The summed E-state index contributed by atoms with van der Waals surface area (Å²) in [5, 5.41) is 1.08. The first-order chi connectivity index (χ1) is 9.19. The van der Waals surface area contributed by atoms with E-state index in [-0.39, 0.29) is 6.04 Å². The zero-order valence-corrected chi connectivity index (χ0v) is 13.7. The number of fused-ring (bicyclic) bond motifs is 1. The van der Waals surface area contributed by atoms with Crippen LogP contribution in [0.2, 0.25) is 0 Å². The van der Waals surface area contributed by atoms with Crippen molar-refractivity contribution in [1.29, 1.82) is 0 Å². The highest BCUT2D eigenvalue weighted by atomic mass is 79.9. The molecule has 3 rings (SSSR count). The van der Waals surface area contributed by atoms with Gasteiger partial charge in [0.25, 0.3) is 0 Å². The Hall–Kier alpha value is -0.660. The second kappa shape index (κ2) is 5.38. The maximum absolute atomic E-state index is 5.86. The van der Waals surface area contributed by atoms with Crippen LogP contribution in [0, 0.1) is 0 Å². The van der Waals surface area contributed by atoms with Gasteiger partial charge in [-0.3, -0.25) is 5.84 Å². The number of nitrogens with one attached hydrogen (secondary N) is 1. The normalized spacial score (nSPS) is 13.0. The molecule has 1 atom stereocenters. The van der Waals surface area contributed by atoms with E-state index < -0.39 is 0 Å². The molecule has 0 aliphatic rings. The highest BCUT2D eigenvalue weighted by molar-refractivity contribution is 9.13. The predicted octanol–water partition coefficient (Wildman–Crippen LogP) is 4.57. The first-order valence-corrected chi connectivity index (χ1v) is 7.98. The van der Waals surface area contributed by atoms with Crippen molar-refractivity contribution in [2.75, 3.05) is 0 Å². The van der Waals surface area contributed by atoms with Crippen molar-refractivity contribution < 1.29 is 4.42 Å². The summed E-state index contributed by atoms with van der Waals surface area (Å²) in [6, 6.07) is 11.8. The molecule has 6 heteroatoms. The monoisotopic (exact) mass is 400 g/mol. The van der Waals surface area contributed by atoms with E-state index in [4.69, 9.17) is 10.3 Å². The molecule has 1 unspecified atom stereocenters. The number of thiophene rings is 1. The fourth-order valence-corrected chi connectivity index (χ4v) is 4.11. The first kappa shape index (κ1) is 13.3. The Morgan fingerprint density at radius 3 is 2.63 bits per heavy atom. The summed E-state index contributed by atoms with van der Waals surface area (Å²) in [5.74, 6) is 6.49. The predicted molar refractivity (Wildman–Crippen MR) is 85.1 cm³/mol. The average Bonchev–Trinajstić information content (AvgIpc) is 2.95. The average molecular weight is 402 g/mol. The standard InChI is InChI=1S/C13H10Br2N2OS/c14-8-6-11(19-13(8)15)12(17-16)10-5-7-3-1-2-4-9(7)18-10/h1-6,12,17H,16H2. The van der Waals surface area contributed by atoms with Crippen molar-refractivity contribution in [3.63, 3.8) is 0 Å². The van der Waals surface area contributed by atoms with Gasteiger partial charge in [-0.05, 0) is 50.1 Å². The van der Waals surface area contributed by atoms with Gasteiger partial charge in [0.2, 0.25) is 0 Å². The molecule has 19 heavy (non-hydrogen) atoms. The van der Waals surface area contributed by atoms with Crippen LogP contribution in [0.15, 0.2) is 49.1 Å². The van der Waals surface area contributed by atoms with Crippen molar-refractivity contribution in [3.05, 3.63) is 55.3 Å². The second-order valence-electron chi connectivity index (χ2n) is 4.06. The lowest BCUT2D eigenvalue weighted by Crippen LogP contribution is -2.27. The lowest BCUT2D eigenvalue weighted by molar-refractivity contribution is 0.481. The summed E-state index contributed by atoms with van der Waals surface area (Å²) in [5.41, 5.74) is 3.68. The summed E-state index contributed by atoms with van der Waals surface area (Å²) < 4.78 is 7.92. The molecule has 0 radical (unpaired) electrons. The van der Waals surface area contributed by atoms with E-state index in [0.29, 0.717) is 0 Å². The van der Waals surface area contributed by atoms with Gasteiger partial charge in [-0.25, -0.2) is 5.43 Å². The number of hydrazine groups is 1. The number of hydrogen-bond donors (Lipinski definition) is 2. The lowest BCUT2D eigenvalue weighted by atomic mass is 10.2. The number of halogens is 2. The fourth-order valence-electron chi connectivity index (χ4n) is 1.95. The van der Waals surface area contributed by atoms with E-state index in [9.17, 15) is 0 Å². The molecular weight excluding hydrogens is 392 g/mol. The van der Waals surface area contributed by atoms with Gasteiger partial charge in [-0.15, -0.1) is 11.3 Å². The van der Waals surface area contributed by atoms with Crippen LogP contribution in [0.5, 0.6) is 0 Å². The van der Waals surface area contributed by atoms with Crippen LogP contribution in [-0.4, -0.2) is 0 Å². The minimum Gasteiger partial charge on any atom is -0.459 e. The van der Waals surface area contributed by atoms with Gasteiger partial charge in [0.05, 0.1) is 3.79 Å². The number of rotatable bonds is 3. The van der Waals surface area contributed by atoms with Crippen molar-refractivity contribution in [2.45, 2.75) is 6.04 Å². The highest BCUT2D eigenvalue weighted by Gasteiger charge is 2.20. The van der Waals surface area contributed by atoms with Crippen molar-refractivity contribution >= 4 is 54.2 Å². The van der Waals surface area contributed by atoms with Crippen molar-refractivity contribution in [3.8, 4) is 0 Å². The van der Waals surface area contributed by atoms with E-state index in [1.54, 1.807) is 11.3 Å². The molecule has 3 N–H and O–H groups in total. The fraction of sp³-hybridized carbons (Fsp3) is 0.0769. The zero-order chi connectivity index (χ0) is 13.4. The van der Waals surface area contributed by atoms with Crippen LogP contribution in [0.4, 0.5) is 0 Å². The minimum atomic E-state index is -0.153. The Kier molecular flexibility index (Phi) is 3.77. The summed E-state index contributed by atoms with van der Waals surface area (Å²) in [4.78, 5) is 1.08. The highest BCUT2D eigenvalue weighted by Crippen LogP contribution is 2.38. The number of benzene rings is 1. The summed E-state index contributed by atoms with van der Waals surface area (Å²) in [6.07, 6.45) is 0. The van der Waals surface area contributed by atoms with Gasteiger partial charge in [0.15, 0.2) is 0 Å². The Labute approximate surface area is 131 Å². The Bertz CT molecular complexity index is 670. The molecule has 0 aliphatic carbocycles. The van der Waals surface area contributed by atoms with E-state index in [2.05, 4.69) is 37.3 Å². The maximum Gasteiger partial charge on any atom is 0.134 e. The number of furan rings is 1. The molecule has 0 fully saturated rings. The Morgan fingerprint density at radius 1 is 1.21 bits per heavy atom. The van der Waals surface area contributed by atoms with Gasteiger partial charge in [0.1, 0.15) is 17.4 Å². The SMILES string of the molecule is NNC(c1cc2ccccc2o1)c1cc(Br)c(Br)s1. The molecule has 0 bridgehead atoms. The second-order valence-corrected chi connectivity index (χ2v) is 7.31. The molecule has 3 nitrogen and oxygen atoms in total. The smallest absolute Gasteiger partial charge is 0.134 e. The molecule has 0 aliphatic heterocycles. The lowest BCUT2D eigenvalue weighted by Gasteiger charge is -2.10. The maximum atomic E-state index is 5.86. The van der Waals surface area contributed by atoms with Crippen LogP contribution in [0.1, 0.15) is 16.7 Å². The van der Waals surface area contributed by atoms with Gasteiger partial charge in [0, 0.05) is 14.7 Å². The van der Waals surface area contributed by atoms with Crippen molar-refractivity contribution in [2.24, 2.45) is 5.84 Å². The summed E-state index contributed by atoms with van der Waals surface area (Å²) in [6.45, 7) is 0. The molecule has 0 saturated carbocycles. The van der Waals surface area contributed by atoms with Crippen LogP contribution in [-0.2, 0) is 0 Å². The molecule has 98 valence electrons. The van der Waals surface area contributed by atoms with Gasteiger partial charge in [-0.2, -0.15) is 0 Å². The first-order valence-electron chi connectivity index (χ1n) is 5.58. The van der Waals surface area contributed by atoms with E-state index in [1.165, 1.54) is 0 Å². The third-order valence-corrected chi connectivity index (χ3v) is 6.17. The zero-order valence-electron chi connectivity index (χ0n) is 9.69. The van der Waals surface area contributed by atoms with Crippen LogP contribution in [0.25, 0.3) is 11.0 Å². The molecule has 1 aromatic carbocycles. The number of para-hydroxylation sites is 1. The molecule has 0 amide bonds. The van der Waals surface area contributed by atoms with Gasteiger partial charge >= 0.3 is 0 Å². The molecule has 0 spiro atoms. The topological polar surface area (TPSA) is 51.2 Å². The molecule has 3 aromatic rings. The van der Waals surface area contributed by atoms with Crippen LogP contribution in [0.3, 0.4) is 0 Å². The largest absolute Gasteiger partial charge is 0.459 e. The Balaban J connectivity index is 2.06. The third kappa shape index (κ3) is 2.51. The van der Waals surface area contributed by atoms with E-state index in [1.807, 2.05) is 36.4 Å². The van der Waals surface area contributed by atoms with E-state index in [0.717, 1.165) is 29.9 Å². The van der Waals surface area contributed by atoms with Gasteiger partial charge < -0.3 is 4.42 Å². The summed E-state index contributed by atoms with van der Waals surface area (Å²) >= 11 is 8.60. The van der Waals surface area contributed by atoms with Crippen LogP contribution < -0.4 is 11.3 Å². The van der Waals surface area contributed by atoms with Crippen molar-refractivity contribution in [1.82, 2.24) is 5.43 Å². The van der Waals surface area contributed by atoms with Crippen LogP contribution >= 0.6 is 43.2 Å². The molecule has 0 saturated heterocycles. The quantitative estimate of drug-likeness (QED) is 0.499. The Morgan fingerprint density at radius 2 is 2.00 bits per heavy atom. The minimum absolute atomic E-state index is 0.153. The third-order valence-electron chi connectivity index (χ3n) is 2.84. The molecule has 2 aromatic heterocycles. The summed E-state index contributed by atoms with van der Waals surface area (Å²) in [7, 11) is 0.